The maximum absolute atomic E-state index is 5.23. The van der Waals surface area contributed by atoms with E-state index in [2.05, 4.69) is 32.6 Å². The van der Waals surface area contributed by atoms with E-state index in [1.165, 1.54) is 12.8 Å². The van der Waals surface area contributed by atoms with Crippen LogP contribution in [0, 0.1) is 17.3 Å². The molecule has 0 unspecified atom stereocenters. The van der Waals surface area contributed by atoms with Gasteiger partial charge in [-0.1, -0.05) is 38.1 Å². The van der Waals surface area contributed by atoms with Crippen LogP contribution < -0.4 is 0 Å². The molecule has 0 aromatic rings. The Kier molecular flexibility index (Phi) is 3.13. The van der Waals surface area contributed by atoms with Crippen molar-refractivity contribution in [2.75, 3.05) is 6.61 Å². The van der Waals surface area contributed by atoms with E-state index in [1.807, 2.05) is 0 Å². The Hall–Kier alpha value is -0.0200. The lowest BCUT2D eigenvalue weighted by molar-refractivity contribution is -0.00922. The van der Waals surface area contributed by atoms with Crippen molar-refractivity contribution >= 4 is 29.2 Å². The van der Waals surface area contributed by atoms with E-state index >= 15 is 0 Å². The van der Waals surface area contributed by atoms with Crippen molar-refractivity contribution in [3.05, 3.63) is 11.6 Å². The largest absolute Gasteiger partial charge is 0.478 e. The second-order valence-corrected chi connectivity index (χ2v) is 6.27. The lowest BCUT2D eigenvalue weighted by atomic mass is 9.48. The third kappa shape index (κ3) is 2.09. The van der Waals surface area contributed by atoms with Crippen molar-refractivity contribution in [1.82, 2.24) is 0 Å². The summed E-state index contributed by atoms with van der Waals surface area (Å²) in [5.74, 6) is 1.70. The molecule has 0 aromatic heterocycles. The van der Waals surface area contributed by atoms with E-state index < -0.39 is 0 Å². The Morgan fingerprint density at radius 3 is 2.93 bits per heavy atom. The number of hydrogen-bond donors (Lipinski definition) is 1. The number of fused-ring (bicyclic) bond motifs is 1. The van der Waals surface area contributed by atoms with Crippen LogP contribution >= 0.6 is 24.8 Å². The van der Waals surface area contributed by atoms with Crippen molar-refractivity contribution in [3.8, 4) is 0 Å². The van der Waals surface area contributed by atoms with Gasteiger partial charge in [0.2, 0.25) is 4.38 Å². The zero-order valence-corrected chi connectivity index (χ0v) is 11.0. The van der Waals surface area contributed by atoms with Gasteiger partial charge in [0.15, 0.2) is 0 Å². The van der Waals surface area contributed by atoms with Gasteiger partial charge < -0.3 is 4.74 Å². The molecular weight excluding hydrogens is 224 g/mol. The molecule has 0 saturated heterocycles. The van der Waals surface area contributed by atoms with E-state index in [9.17, 15) is 0 Å². The van der Waals surface area contributed by atoms with Gasteiger partial charge in [0, 0.05) is 6.42 Å². The molecule has 0 N–H and O–H groups in total. The maximum Gasteiger partial charge on any atom is 0.216 e. The molecule has 3 rings (SSSR count). The van der Waals surface area contributed by atoms with Gasteiger partial charge in [0.25, 0.3) is 0 Å². The fourth-order valence-electron chi connectivity index (χ4n) is 3.01. The van der Waals surface area contributed by atoms with Crippen LogP contribution in [0.5, 0.6) is 0 Å². The fourth-order valence-corrected chi connectivity index (χ4v) is 3.19. The molecule has 0 spiro atoms. The Morgan fingerprint density at radius 2 is 2.40 bits per heavy atom. The lowest BCUT2D eigenvalue weighted by Gasteiger charge is -2.56. The Labute approximate surface area is 103 Å². The van der Waals surface area contributed by atoms with Gasteiger partial charge in [-0.15, -0.1) is 0 Å². The minimum Gasteiger partial charge on any atom is -0.478 e. The number of rotatable bonds is 3. The zero-order chi connectivity index (χ0) is 11.1. The zero-order valence-electron chi connectivity index (χ0n) is 9.32. The smallest absolute Gasteiger partial charge is 0.216 e. The number of hydrogen-bond acceptors (Lipinski definition) is 2. The first-order chi connectivity index (χ1) is 7.01. The van der Waals surface area contributed by atoms with Gasteiger partial charge in [0.05, 0.1) is 6.61 Å². The first-order valence-electron chi connectivity index (χ1n) is 5.56. The third-order valence-electron chi connectivity index (χ3n) is 4.20. The van der Waals surface area contributed by atoms with E-state index in [1.54, 1.807) is 5.57 Å². The Bertz CT molecular complexity index is 307. The molecule has 0 amide bonds. The second-order valence-electron chi connectivity index (χ2n) is 5.19. The summed E-state index contributed by atoms with van der Waals surface area (Å²) < 4.78 is 5.59. The predicted molar refractivity (Wildman–Crippen MR) is 70.2 cm³/mol. The van der Waals surface area contributed by atoms with E-state index in [0.29, 0.717) is 16.4 Å². The summed E-state index contributed by atoms with van der Waals surface area (Å²) in [4.78, 5) is 0. The monoisotopic (exact) mass is 242 g/mol. The average Bonchev–Trinajstić information content (AvgIpc) is 2.17. The van der Waals surface area contributed by atoms with Crippen molar-refractivity contribution in [3.63, 3.8) is 0 Å². The van der Waals surface area contributed by atoms with Gasteiger partial charge in [-0.3, -0.25) is 0 Å². The van der Waals surface area contributed by atoms with Gasteiger partial charge in [-0.05, 0) is 42.3 Å². The first-order valence-corrected chi connectivity index (χ1v) is 6.42. The molecule has 1 nitrogen and oxygen atoms in total. The number of thiol groups is 1. The molecule has 0 radical (unpaired) electrons. The van der Waals surface area contributed by atoms with Crippen molar-refractivity contribution in [2.45, 2.75) is 33.1 Å². The van der Waals surface area contributed by atoms with E-state index in [4.69, 9.17) is 17.0 Å². The van der Waals surface area contributed by atoms with Crippen LogP contribution in [0.3, 0.4) is 0 Å². The lowest BCUT2D eigenvalue weighted by Crippen LogP contribution is -2.48. The van der Waals surface area contributed by atoms with Crippen LogP contribution in [-0.2, 0) is 4.74 Å². The van der Waals surface area contributed by atoms with Gasteiger partial charge >= 0.3 is 0 Å². The quantitative estimate of drug-likeness (QED) is 0.460. The highest BCUT2D eigenvalue weighted by molar-refractivity contribution is 8.10. The highest BCUT2D eigenvalue weighted by Gasteiger charge is 2.50. The molecule has 2 bridgehead atoms. The highest BCUT2D eigenvalue weighted by atomic mass is 32.1. The molecule has 2 atom stereocenters. The molecule has 1 saturated carbocycles. The highest BCUT2D eigenvalue weighted by Crippen LogP contribution is 2.59. The molecule has 0 aliphatic heterocycles. The Morgan fingerprint density at radius 1 is 1.67 bits per heavy atom. The van der Waals surface area contributed by atoms with Crippen LogP contribution in [0.15, 0.2) is 11.6 Å². The summed E-state index contributed by atoms with van der Waals surface area (Å²) in [6, 6.07) is 0. The SMILES string of the molecule is CC1(C)[C@@H]2CC=C(CCOC(=S)S)[C@@H]1C2. The van der Waals surface area contributed by atoms with Gasteiger partial charge in [-0.25, -0.2) is 0 Å². The van der Waals surface area contributed by atoms with Gasteiger partial charge in [0.1, 0.15) is 0 Å². The van der Waals surface area contributed by atoms with Crippen LogP contribution in [0.1, 0.15) is 33.1 Å². The summed E-state index contributed by atoms with van der Waals surface area (Å²) in [6.07, 6.45) is 6.06. The number of thiocarbonyl (C=S) groups is 1. The normalized spacial score (nSPS) is 31.5. The number of allylic oxidation sites excluding steroid dienone is 1. The molecule has 15 heavy (non-hydrogen) atoms. The molecule has 3 heteroatoms. The first kappa shape index (κ1) is 11.5. The molecule has 3 aliphatic rings. The van der Waals surface area contributed by atoms with Crippen LogP contribution in [0.4, 0.5) is 0 Å². The van der Waals surface area contributed by atoms with Crippen LogP contribution in [-0.4, -0.2) is 11.0 Å². The summed E-state index contributed by atoms with van der Waals surface area (Å²) in [6.45, 7) is 5.47. The number of ether oxygens (including phenoxy) is 1. The molecule has 0 aromatic carbocycles. The molecule has 3 aliphatic carbocycles. The Balaban J connectivity index is 1.88. The standard InChI is InChI=1S/C12H18OS2/c1-12(2)9-4-3-8(10(12)7-9)5-6-13-11(14)15/h3,9-10H,4-7H2,1-2H3,(H,14,15)/t9-,10+/m1/s1. The van der Waals surface area contributed by atoms with E-state index in [0.717, 1.165) is 18.3 Å². The van der Waals surface area contributed by atoms with E-state index in [-0.39, 0.29) is 0 Å². The summed E-state index contributed by atoms with van der Waals surface area (Å²) in [5.41, 5.74) is 2.10. The minimum absolute atomic E-state index is 0.358. The summed E-state index contributed by atoms with van der Waals surface area (Å²) >= 11 is 8.72. The topological polar surface area (TPSA) is 9.23 Å². The maximum atomic E-state index is 5.23. The molecular formula is C12H18OS2. The molecule has 1 fully saturated rings. The van der Waals surface area contributed by atoms with Crippen molar-refractivity contribution in [2.24, 2.45) is 17.3 Å². The van der Waals surface area contributed by atoms with Crippen molar-refractivity contribution in [1.29, 1.82) is 0 Å². The second kappa shape index (κ2) is 4.10. The minimum atomic E-state index is 0.358. The average molecular weight is 242 g/mol. The fraction of sp³-hybridized carbons (Fsp3) is 0.750. The summed E-state index contributed by atoms with van der Waals surface area (Å²) in [7, 11) is 0. The van der Waals surface area contributed by atoms with Crippen LogP contribution in [0.2, 0.25) is 0 Å². The van der Waals surface area contributed by atoms with Crippen molar-refractivity contribution < 1.29 is 4.74 Å². The predicted octanol–water partition coefficient (Wildman–Crippen LogP) is 3.60. The molecule has 84 valence electrons. The third-order valence-corrected chi connectivity index (χ3v) is 4.45. The van der Waals surface area contributed by atoms with Gasteiger partial charge in [-0.2, -0.15) is 0 Å². The molecule has 0 heterocycles. The summed E-state index contributed by atoms with van der Waals surface area (Å²) in [5, 5.41) is 0. The van der Waals surface area contributed by atoms with Crippen LogP contribution in [0.25, 0.3) is 0 Å².